The van der Waals surface area contributed by atoms with Crippen LogP contribution in [-0.4, -0.2) is 0 Å². The van der Waals surface area contributed by atoms with Gasteiger partial charge in [-0.1, -0.05) is 25.5 Å². The minimum atomic E-state index is -1.45. The molecule has 0 aliphatic heterocycles. The van der Waals surface area contributed by atoms with Crippen LogP contribution < -0.4 is 4.74 Å². The van der Waals surface area contributed by atoms with E-state index in [0.717, 1.165) is 18.1 Å². The van der Waals surface area contributed by atoms with Crippen molar-refractivity contribution in [2.75, 3.05) is 0 Å². The third-order valence-electron chi connectivity index (χ3n) is 5.22. The summed E-state index contributed by atoms with van der Waals surface area (Å²) in [5.41, 5.74) is 1.58. The zero-order chi connectivity index (χ0) is 17.8. The Morgan fingerprint density at radius 1 is 0.920 bits per heavy atom. The summed E-state index contributed by atoms with van der Waals surface area (Å²) in [6.45, 7) is 2.26. The highest BCUT2D eigenvalue weighted by molar-refractivity contribution is 5.30. The summed E-state index contributed by atoms with van der Waals surface area (Å²) < 4.78 is 44.9. The van der Waals surface area contributed by atoms with Crippen molar-refractivity contribution >= 4 is 0 Å². The fourth-order valence-corrected chi connectivity index (χ4v) is 3.60. The van der Waals surface area contributed by atoms with Crippen LogP contribution in [0.2, 0.25) is 0 Å². The molecule has 0 radical (unpaired) electrons. The molecule has 134 valence electrons. The summed E-state index contributed by atoms with van der Waals surface area (Å²) in [6.07, 6.45) is 6.31. The number of hydrogen-bond donors (Lipinski definition) is 0. The minimum absolute atomic E-state index is 0.00489. The standard InChI is InChI=1S/C21H23F3O/c1-2-14-3-5-16(6-4-14)17-7-9-18(10-8-17)25-13-15-11-19(22)21(24)20(23)12-15/h7-12,14,16H,2-6,13H2,1H3. The Bertz CT molecular complexity index is 681. The van der Waals surface area contributed by atoms with Gasteiger partial charge in [0, 0.05) is 0 Å². The number of rotatable bonds is 5. The van der Waals surface area contributed by atoms with Gasteiger partial charge < -0.3 is 4.74 Å². The van der Waals surface area contributed by atoms with Crippen molar-refractivity contribution in [3.63, 3.8) is 0 Å². The predicted molar refractivity (Wildman–Crippen MR) is 92.1 cm³/mol. The van der Waals surface area contributed by atoms with Crippen molar-refractivity contribution in [3.8, 4) is 5.75 Å². The van der Waals surface area contributed by atoms with Crippen molar-refractivity contribution in [1.29, 1.82) is 0 Å². The van der Waals surface area contributed by atoms with Gasteiger partial charge in [0.15, 0.2) is 17.5 Å². The van der Waals surface area contributed by atoms with Crippen LogP contribution in [0.5, 0.6) is 5.75 Å². The molecule has 4 heteroatoms. The lowest BCUT2D eigenvalue weighted by atomic mass is 9.78. The molecule has 0 spiro atoms. The normalized spacial score (nSPS) is 20.5. The van der Waals surface area contributed by atoms with Gasteiger partial charge in [-0.3, -0.25) is 0 Å². The Kier molecular flexibility index (Phi) is 5.67. The molecule has 0 amide bonds. The van der Waals surface area contributed by atoms with Crippen LogP contribution in [0.15, 0.2) is 36.4 Å². The van der Waals surface area contributed by atoms with Gasteiger partial charge in [-0.15, -0.1) is 0 Å². The van der Waals surface area contributed by atoms with Crippen LogP contribution in [0.25, 0.3) is 0 Å². The molecule has 1 fully saturated rings. The monoisotopic (exact) mass is 348 g/mol. The zero-order valence-corrected chi connectivity index (χ0v) is 14.4. The van der Waals surface area contributed by atoms with Crippen molar-refractivity contribution < 1.29 is 17.9 Å². The molecule has 0 saturated heterocycles. The van der Waals surface area contributed by atoms with Gasteiger partial charge in [-0.25, -0.2) is 13.2 Å². The smallest absolute Gasteiger partial charge is 0.194 e. The molecule has 1 aliphatic carbocycles. The molecule has 0 N–H and O–H groups in total. The van der Waals surface area contributed by atoms with E-state index < -0.39 is 17.5 Å². The van der Waals surface area contributed by atoms with Crippen LogP contribution in [0.1, 0.15) is 56.1 Å². The molecule has 0 atom stereocenters. The molecule has 25 heavy (non-hydrogen) atoms. The fraction of sp³-hybridized carbons (Fsp3) is 0.429. The number of halogens is 3. The zero-order valence-electron chi connectivity index (χ0n) is 14.4. The van der Waals surface area contributed by atoms with Crippen molar-refractivity contribution in [2.24, 2.45) is 5.92 Å². The van der Waals surface area contributed by atoms with Crippen molar-refractivity contribution in [1.82, 2.24) is 0 Å². The number of benzene rings is 2. The Balaban J connectivity index is 1.58. The third-order valence-corrected chi connectivity index (χ3v) is 5.22. The molecule has 2 aromatic carbocycles. The number of ether oxygens (including phenoxy) is 1. The van der Waals surface area contributed by atoms with Gasteiger partial charge in [0.25, 0.3) is 0 Å². The largest absolute Gasteiger partial charge is 0.489 e. The van der Waals surface area contributed by atoms with E-state index in [9.17, 15) is 13.2 Å². The molecule has 0 unspecified atom stereocenters. The lowest BCUT2D eigenvalue weighted by Crippen LogP contribution is -2.12. The average molecular weight is 348 g/mol. The van der Waals surface area contributed by atoms with Crippen LogP contribution >= 0.6 is 0 Å². The third kappa shape index (κ3) is 4.36. The van der Waals surface area contributed by atoms with Gasteiger partial charge in [0.05, 0.1) is 0 Å². The second kappa shape index (κ2) is 7.94. The topological polar surface area (TPSA) is 9.23 Å². The van der Waals surface area contributed by atoms with Crippen LogP contribution in [-0.2, 0) is 6.61 Å². The summed E-state index contributed by atoms with van der Waals surface area (Å²) in [5, 5.41) is 0. The van der Waals surface area contributed by atoms with Crippen LogP contribution in [0.3, 0.4) is 0 Å². The van der Waals surface area contributed by atoms with E-state index in [0.29, 0.717) is 11.7 Å². The molecule has 0 bridgehead atoms. The molecule has 3 rings (SSSR count). The lowest BCUT2D eigenvalue weighted by molar-refractivity contribution is 0.302. The van der Waals surface area contributed by atoms with Gasteiger partial charge in [-0.05, 0) is 72.9 Å². The summed E-state index contributed by atoms with van der Waals surface area (Å²) in [4.78, 5) is 0. The van der Waals surface area contributed by atoms with Gasteiger partial charge in [0.1, 0.15) is 12.4 Å². The molecule has 0 aromatic heterocycles. The maximum absolute atomic E-state index is 13.2. The molecular formula is C21H23F3O. The second-order valence-electron chi connectivity index (χ2n) is 6.86. The van der Waals surface area contributed by atoms with Crippen LogP contribution in [0, 0.1) is 23.4 Å². The summed E-state index contributed by atoms with van der Waals surface area (Å²) in [5.74, 6) is -1.73. The quantitative estimate of drug-likeness (QED) is 0.571. The minimum Gasteiger partial charge on any atom is -0.489 e. The van der Waals surface area contributed by atoms with Gasteiger partial charge in [0.2, 0.25) is 0 Å². The van der Waals surface area contributed by atoms with E-state index in [1.807, 2.05) is 12.1 Å². The van der Waals surface area contributed by atoms with Crippen molar-refractivity contribution in [3.05, 3.63) is 65.0 Å². The van der Waals surface area contributed by atoms with Crippen LogP contribution in [0.4, 0.5) is 13.2 Å². The molecule has 0 heterocycles. The molecular weight excluding hydrogens is 325 g/mol. The molecule has 1 saturated carbocycles. The Morgan fingerprint density at radius 3 is 2.08 bits per heavy atom. The Labute approximate surface area is 146 Å². The van der Waals surface area contributed by atoms with E-state index in [2.05, 4.69) is 19.1 Å². The maximum atomic E-state index is 13.2. The summed E-state index contributed by atoms with van der Waals surface area (Å²) in [6, 6.07) is 9.82. The highest BCUT2D eigenvalue weighted by Crippen LogP contribution is 2.37. The number of hydrogen-bond acceptors (Lipinski definition) is 1. The highest BCUT2D eigenvalue weighted by Gasteiger charge is 2.21. The summed E-state index contributed by atoms with van der Waals surface area (Å²) in [7, 11) is 0. The van der Waals surface area contributed by atoms with Gasteiger partial charge in [-0.2, -0.15) is 0 Å². The predicted octanol–water partition coefficient (Wildman–Crippen LogP) is 6.37. The Hall–Kier alpha value is -1.97. The van der Waals surface area contributed by atoms with Gasteiger partial charge >= 0.3 is 0 Å². The first-order valence-corrected chi connectivity index (χ1v) is 8.93. The Morgan fingerprint density at radius 2 is 1.52 bits per heavy atom. The first-order valence-electron chi connectivity index (χ1n) is 8.93. The first kappa shape index (κ1) is 17.8. The van der Waals surface area contributed by atoms with E-state index in [1.165, 1.54) is 37.7 Å². The molecule has 2 aromatic rings. The fourth-order valence-electron chi connectivity index (χ4n) is 3.60. The van der Waals surface area contributed by atoms with E-state index >= 15 is 0 Å². The lowest BCUT2D eigenvalue weighted by Gasteiger charge is -2.28. The summed E-state index contributed by atoms with van der Waals surface area (Å²) >= 11 is 0. The van der Waals surface area contributed by atoms with E-state index in [4.69, 9.17) is 4.74 Å². The first-order chi connectivity index (χ1) is 12.1. The molecule has 1 aliphatic rings. The second-order valence-corrected chi connectivity index (χ2v) is 6.86. The maximum Gasteiger partial charge on any atom is 0.194 e. The highest BCUT2D eigenvalue weighted by atomic mass is 19.2. The van der Waals surface area contributed by atoms with E-state index in [1.54, 1.807) is 0 Å². The SMILES string of the molecule is CCC1CCC(c2ccc(OCc3cc(F)c(F)c(F)c3)cc2)CC1. The van der Waals surface area contributed by atoms with E-state index in [-0.39, 0.29) is 12.2 Å². The average Bonchev–Trinajstić information content (AvgIpc) is 2.65. The van der Waals surface area contributed by atoms with Crippen molar-refractivity contribution in [2.45, 2.75) is 51.6 Å². The molecule has 1 nitrogen and oxygen atoms in total.